The van der Waals surface area contributed by atoms with Gasteiger partial charge in [-0.1, -0.05) is 22.0 Å². The zero-order valence-corrected chi connectivity index (χ0v) is 17.9. The molecule has 2 aromatic carbocycles. The van der Waals surface area contributed by atoms with Crippen molar-refractivity contribution in [3.63, 3.8) is 0 Å². The number of esters is 1. The molecule has 1 unspecified atom stereocenters. The Morgan fingerprint density at radius 2 is 2.17 bits per heavy atom. The first-order valence-corrected chi connectivity index (χ1v) is 10.2. The van der Waals surface area contributed by atoms with E-state index >= 15 is 0 Å². The van der Waals surface area contributed by atoms with Crippen molar-refractivity contribution in [1.29, 1.82) is 0 Å². The maximum absolute atomic E-state index is 12.0. The number of nitrogens with zero attached hydrogens (tertiary/aromatic N) is 2. The van der Waals surface area contributed by atoms with Crippen LogP contribution in [0.3, 0.4) is 0 Å². The molecule has 8 heteroatoms. The fourth-order valence-corrected chi connectivity index (χ4v) is 3.99. The number of hydrogen-bond acceptors (Lipinski definition) is 6. The molecule has 0 saturated carbocycles. The highest BCUT2D eigenvalue weighted by atomic mass is 79.9. The van der Waals surface area contributed by atoms with Crippen LogP contribution in [0.1, 0.15) is 41.4 Å². The zero-order chi connectivity index (χ0) is 20.5. The number of ether oxygens (including phenoxy) is 3. The Kier molecular flexibility index (Phi) is 5.47. The summed E-state index contributed by atoms with van der Waals surface area (Å²) in [5.41, 5.74) is 8.53. The Bertz CT molecular complexity index is 1070. The summed E-state index contributed by atoms with van der Waals surface area (Å²) in [6, 6.07) is 7.34. The van der Waals surface area contributed by atoms with Crippen LogP contribution in [0.2, 0.25) is 0 Å². The molecule has 1 aromatic heterocycles. The minimum Gasteiger partial charge on any atom is -0.465 e. The maximum Gasteiger partial charge on any atom is 0.340 e. The Morgan fingerprint density at radius 1 is 1.34 bits per heavy atom. The van der Waals surface area contributed by atoms with Gasteiger partial charge >= 0.3 is 5.97 Å². The predicted molar refractivity (Wildman–Crippen MR) is 113 cm³/mol. The Hall–Kier alpha value is -2.58. The van der Waals surface area contributed by atoms with Gasteiger partial charge in [-0.05, 0) is 49.9 Å². The van der Waals surface area contributed by atoms with Crippen LogP contribution in [0.25, 0.3) is 10.9 Å². The van der Waals surface area contributed by atoms with Crippen molar-refractivity contribution in [2.75, 3.05) is 19.5 Å². The second kappa shape index (κ2) is 8.04. The van der Waals surface area contributed by atoms with Crippen LogP contribution in [0.4, 0.5) is 5.69 Å². The van der Waals surface area contributed by atoms with E-state index in [4.69, 9.17) is 19.9 Å². The quantitative estimate of drug-likeness (QED) is 0.437. The van der Waals surface area contributed by atoms with Gasteiger partial charge in [0.15, 0.2) is 12.0 Å². The Labute approximate surface area is 176 Å². The summed E-state index contributed by atoms with van der Waals surface area (Å²) < 4.78 is 19.5. The number of aryl methyl sites for hydroxylation is 1. The molecule has 0 amide bonds. The van der Waals surface area contributed by atoms with Crippen molar-refractivity contribution in [1.82, 2.24) is 9.78 Å². The number of carbonyl (C=O) groups is 1. The van der Waals surface area contributed by atoms with Gasteiger partial charge in [0, 0.05) is 11.1 Å². The number of methoxy groups -OCH3 is 1. The number of anilines is 1. The molecule has 1 aliphatic heterocycles. The van der Waals surface area contributed by atoms with E-state index in [2.05, 4.69) is 21.0 Å². The molecule has 1 atom stereocenters. The number of benzene rings is 2. The van der Waals surface area contributed by atoms with E-state index in [1.54, 1.807) is 18.3 Å². The van der Waals surface area contributed by atoms with Gasteiger partial charge in [0.1, 0.15) is 5.75 Å². The lowest BCUT2D eigenvalue weighted by Crippen LogP contribution is -2.18. The van der Waals surface area contributed by atoms with Gasteiger partial charge in [0.05, 0.1) is 35.5 Å². The number of carbonyl (C=O) groups excluding carboxylic acids is 1. The monoisotopic (exact) mass is 459 g/mol. The van der Waals surface area contributed by atoms with Crippen LogP contribution >= 0.6 is 15.9 Å². The van der Waals surface area contributed by atoms with Gasteiger partial charge in [-0.15, -0.1) is 0 Å². The highest BCUT2D eigenvalue weighted by Gasteiger charge is 2.22. The SMILES string of the molecule is COC(=O)c1cc(Br)cc(Oc2c(C)ccc3c2cnn3C2CCCCO2)c1N. The summed E-state index contributed by atoms with van der Waals surface area (Å²) in [7, 11) is 1.32. The summed E-state index contributed by atoms with van der Waals surface area (Å²) in [5, 5.41) is 5.42. The van der Waals surface area contributed by atoms with Crippen molar-refractivity contribution in [3.05, 3.63) is 46.1 Å². The largest absolute Gasteiger partial charge is 0.465 e. The first-order chi connectivity index (χ1) is 14.0. The van der Waals surface area contributed by atoms with Gasteiger partial charge in [-0.3, -0.25) is 0 Å². The van der Waals surface area contributed by atoms with Gasteiger partial charge < -0.3 is 19.9 Å². The van der Waals surface area contributed by atoms with E-state index in [9.17, 15) is 4.79 Å². The number of halogens is 1. The lowest BCUT2D eigenvalue weighted by atomic mass is 10.1. The number of rotatable bonds is 4. The molecule has 152 valence electrons. The number of nitrogens with two attached hydrogens (primary N) is 1. The third-order valence-corrected chi connectivity index (χ3v) is 5.54. The molecule has 2 N–H and O–H groups in total. The first-order valence-electron chi connectivity index (χ1n) is 9.43. The minimum atomic E-state index is -0.522. The predicted octanol–water partition coefficient (Wildman–Crippen LogP) is 4.97. The molecule has 29 heavy (non-hydrogen) atoms. The molecule has 1 saturated heterocycles. The molecular formula is C21H22BrN3O4. The molecule has 3 aromatic rings. The molecule has 0 bridgehead atoms. The summed E-state index contributed by atoms with van der Waals surface area (Å²) in [6.07, 6.45) is 4.84. The topological polar surface area (TPSA) is 88.6 Å². The Balaban J connectivity index is 1.77. The van der Waals surface area contributed by atoms with Crippen LogP contribution in [0, 0.1) is 6.92 Å². The lowest BCUT2D eigenvalue weighted by molar-refractivity contribution is -0.0366. The van der Waals surface area contributed by atoms with E-state index in [1.807, 2.05) is 23.7 Å². The normalized spacial score (nSPS) is 16.7. The number of nitrogen functional groups attached to an aromatic ring is 1. The maximum atomic E-state index is 12.0. The van der Waals surface area contributed by atoms with Crippen LogP contribution in [-0.4, -0.2) is 29.5 Å². The summed E-state index contributed by atoms with van der Waals surface area (Å²) in [4.78, 5) is 12.0. The van der Waals surface area contributed by atoms with Crippen molar-refractivity contribution < 1.29 is 19.0 Å². The number of fused-ring (bicyclic) bond motifs is 1. The fraction of sp³-hybridized carbons (Fsp3) is 0.333. The van der Waals surface area contributed by atoms with Crippen LogP contribution < -0.4 is 10.5 Å². The molecule has 1 fully saturated rings. The van der Waals surface area contributed by atoms with Gasteiger partial charge in [0.25, 0.3) is 0 Å². The lowest BCUT2D eigenvalue weighted by Gasteiger charge is -2.23. The highest BCUT2D eigenvalue weighted by molar-refractivity contribution is 9.10. The molecule has 7 nitrogen and oxygen atoms in total. The zero-order valence-electron chi connectivity index (χ0n) is 16.3. The molecule has 0 radical (unpaired) electrons. The molecule has 2 heterocycles. The third kappa shape index (κ3) is 3.70. The minimum absolute atomic E-state index is 0.0707. The van der Waals surface area contributed by atoms with Gasteiger partial charge in [-0.2, -0.15) is 5.10 Å². The van der Waals surface area contributed by atoms with E-state index < -0.39 is 5.97 Å². The molecular weight excluding hydrogens is 438 g/mol. The second-order valence-corrected chi connectivity index (χ2v) is 7.93. The van der Waals surface area contributed by atoms with Gasteiger partial charge in [-0.25, -0.2) is 9.48 Å². The van der Waals surface area contributed by atoms with Crippen molar-refractivity contribution in [2.24, 2.45) is 0 Å². The summed E-state index contributed by atoms with van der Waals surface area (Å²) in [6.45, 7) is 2.70. The van der Waals surface area contributed by atoms with E-state index in [0.29, 0.717) is 16.0 Å². The van der Waals surface area contributed by atoms with Crippen LogP contribution in [0.15, 0.2) is 34.9 Å². The van der Waals surface area contributed by atoms with Crippen molar-refractivity contribution >= 4 is 38.5 Å². The number of aromatic nitrogens is 2. The van der Waals surface area contributed by atoms with Crippen molar-refractivity contribution in [3.8, 4) is 11.5 Å². The van der Waals surface area contributed by atoms with Gasteiger partial charge in [0.2, 0.25) is 0 Å². The third-order valence-electron chi connectivity index (χ3n) is 5.08. The Morgan fingerprint density at radius 3 is 2.90 bits per heavy atom. The standard InChI is InChI=1S/C21H22BrN3O4/c1-12-6-7-16-15(11-24-25(16)18-5-3-4-8-28-18)20(12)29-17-10-13(22)9-14(19(17)23)21(26)27-2/h6-7,9-11,18H,3-5,8,23H2,1-2H3. The highest BCUT2D eigenvalue weighted by Crippen LogP contribution is 2.39. The van der Waals surface area contributed by atoms with Crippen LogP contribution in [0.5, 0.6) is 11.5 Å². The average Bonchev–Trinajstić information content (AvgIpc) is 3.16. The second-order valence-electron chi connectivity index (χ2n) is 7.01. The van der Waals surface area contributed by atoms with Crippen molar-refractivity contribution in [2.45, 2.75) is 32.4 Å². The summed E-state index contributed by atoms with van der Waals surface area (Å²) >= 11 is 3.41. The first kappa shape index (κ1) is 19.7. The molecule has 0 aliphatic carbocycles. The van der Waals surface area contributed by atoms with E-state index in [0.717, 1.165) is 42.3 Å². The fourth-order valence-electron chi connectivity index (χ4n) is 3.55. The average molecular weight is 460 g/mol. The smallest absolute Gasteiger partial charge is 0.340 e. The molecule has 1 aliphatic rings. The molecule has 4 rings (SSSR count). The summed E-state index contributed by atoms with van der Waals surface area (Å²) in [5.74, 6) is 0.494. The van der Waals surface area contributed by atoms with E-state index in [-0.39, 0.29) is 17.5 Å². The number of hydrogen-bond donors (Lipinski definition) is 1. The van der Waals surface area contributed by atoms with E-state index in [1.165, 1.54) is 7.11 Å². The molecule has 0 spiro atoms. The van der Waals surface area contributed by atoms with Crippen LogP contribution in [-0.2, 0) is 9.47 Å².